The molecule has 0 saturated heterocycles. The molecule has 8 nitrogen and oxygen atoms in total. The predicted octanol–water partition coefficient (Wildman–Crippen LogP) is 7.84. The van der Waals surface area contributed by atoms with Gasteiger partial charge in [0.2, 0.25) is 0 Å². The average Bonchev–Trinajstić information content (AvgIpc) is 3.36. The van der Waals surface area contributed by atoms with Crippen molar-refractivity contribution in [3.8, 4) is 0 Å². The van der Waals surface area contributed by atoms with Gasteiger partial charge in [-0.15, -0.1) is 0 Å². The lowest BCUT2D eigenvalue weighted by Crippen LogP contribution is -2.46. The molecular weight excluding hydrogens is 683 g/mol. The molecule has 0 saturated carbocycles. The lowest BCUT2D eigenvalue weighted by molar-refractivity contribution is -0.0883. The molecular formula is C39H49F5N4O4. The number of carbonyl (C=O) groups excluding carboxylic acids is 2. The molecule has 2 amide bonds. The minimum atomic E-state index is -4.57. The molecule has 2 aromatic rings. The second-order valence-electron chi connectivity index (χ2n) is 12.0. The SMILES string of the molecule is CC.CCCN(CCC)C(=O)c1cc(C=N/C=C\O)cc(C(=O)N(CC2=CC=CC(C(F)(F)F)=CC2)CC(O)C(N)CCc2cc(F)cc(F)c2)c1. The largest absolute Gasteiger partial charge is 0.514 e. The number of allylic oxidation sites excluding steroid dienone is 5. The molecule has 13 heteroatoms. The number of nitrogens with two attached hydrogens (primary N) is 1. The van der Waals surface area contributed by atoms with Crippen LogP contribution in [-0.4, -0.2) is 82.5 Å². The van der Waals surface area contributed by atoms with E-state index in [9.17, 15) is 36.6 Å². The van der Waals surface area contributed by atoms with Crippen molar-refractivity contribution in [1.29, 1.82) is 0 Å². The smallest absolute Gasteiger partial charge is 0.416 e. The highest BCUT2D eigenvalue weighted by Crippen LogP contribution is 2.29. The van der Waals surface area contributed by atoms with E-state index >= 15 is 0 Å². The summed E-state index contributed by atoms with van der Waals surface area (Å²) in [5.74, 6) is -2.48. The van der Waals surface area contributed by atoms with Gasteiger partial charge in [-0.25, -0.2) is 8.78 Å². The van der Waals surface area contributed by atoms with E-state index in [0.717, 1.165) is 36.6 Å². The second kappa shape index (κ2) is 21.7. The molecule has 52 heavy (non-hydrogen) atoms. The predicted molar refractivity (Wildman–Crippen MR) is 194 cm³/mol. The summed E-state index contributed by atoms with van der Waals surface area (Å²) >= 11 is 0. The molecule has 3 rings (SSSR count). The van der Waals surface area contributed by atoms with Gasteiger partial charge in [-0.05, 0) is 79.1 Å². The lowest BCUT2D eigenvalue weighted by atomic mass is 10.00. The number of rotatable bonds is 16. The number of halogens is 5. The van der Waals surface area contributed by atoms with Crippen molar-refractivity contribution in [2.75, 3.05) is 26.2 Å². The van der Waals surface area contributed by atoms with Crippen LogP contribution >= 0.6 is 0 Å². The molecule has 1 aliphatic carbocycles. The summed E-state index contributed by atoms with van der Waals surface area (Å²) < 4.78 is 67.6. The number of carbonyl (C=O) groups is 2. The third-order valence-electron chi connectivity index (χ3n) is 7.89. The van der Waals surface area contributed by atoms with Gasteiger partial charge in [-0.2, -0.15) is 13.2 Å². The van der Waals surface area contributed by atoms with Gasteiger partial charge in [0.1, 0.15) is 11.6 Å². The van der Waals surface area contributed by atoms with Crippen LogP contribution in [0.3, 0.4) is 0 Å². The van der Waals surface area contributed by atoms with Crippen LogP contribution in [0.2, 0.25) is 0 Å². The summed E-state index contributed by atoms with van der Waals surface area (Å²) in [5.41, 5.74) is 6.79. The van der Waals surface area contributed by atoms with Crippen molar-refractivity contribution in [2.24, 2.45) is 10.7 Å². The monoisotopic (exact) mass is 732 g/mol. The summed E-state index contributed by atoms with van der Waals surface area (Å²) in [4.78, 5) is 34.7. The maximum Gasteiger partial charge on any atom is 0.416 e. The van der Waals surface area contributed by atoms with Crippen LogP contribution in [0.5, 0.6) is 0 Å². The van der Waals surface area contributed by atoms with E-state index in [4.69, 9.17) is 10.8 Å². The van der Waals surface area contributed by atoms with Gasteiger partial charge in [0, 0.05) is 55.6 Å². The molecule has 4 N–H and O–H groups in total. The number of amides is 2. The lowest BCUT2D eigenvalue weighted by Gasteiger charge is -2.29. The first-order valence-corrected chi connectivity index (χ1v) is 17.3. The molecule has 0 heterocycles. The van der Waals surface area contributed by atoms with Crippen LogP contribution in [0.25, 0.3) is 0 Å². The minimum absolute atomic E-state index is 0.0468. The quantitative estimate of drug-likeness (QED) is 0.0924. The molecule has 0 aromatic heterocycles. The highest BCUT2D eigenvalue weighted by atomic mass is 19.4. The van der Waals surface area contributed by atoms with Crippen molar-refractivity contribution in [1.82, 2.24) is 9.80 Å². The summed E-state index contributed by atoms with van der Waals surface area (Å²) in [6, 6.07) is 6.54. The van der Waals surface area contributed by atoms with Gasteiger partial charge in [0.25, 0.3) is 11.8 Å². The topological polar surface area (TPSA) is 119 Å². The summed E-state index contributed by atoms with van der Waals surface area (Å²) in [7, 11) is 0. The van der Waals surface area contributed by atoms with Crippen LogP contribution in [0.1, 0.15) is 85.2 Å². The van der Waals surface area contributed by atoms with Crippen molar-refractivity contribution in [3.63, 3.8) is 0 Å². The molecule has 0 aliphatic heterocycles. The minimum Gasteiger partial charge on any atom is -0.514 e. The molecule has 284 valence electrons. The molecule has 2 unspecified atom stereocenters. The Morgan fingerprint density at radius 1 is 0.962 bits per heavy atom. The Labute approximate surface area is 302 Å². The van der Waals surface area contributed by atoms with Crippen LogP contribution < -0.4 is 5.73 Å². The number of aliphatic imine (C=N–C) groups is 1. The summed E-state index contributed by atoms with van der Waals surface area (Å²) in [6.45, 7) is 8.30. The maximum atomic E-state index is 14.2. The van der Waals surface area contributed by atoms with Gasteiger partial charge in [0.05, 0.1) is 24.1 Å². The Hall–Kier alpha value is -4.62. The first kappa shape index (κ1) is 43.5. The van der Waals surface area contributed by atoms with Gasteiger partial charge in [0.15, 0.2) is 0 Å². The Morgan fingerprint density at radius 2 is 1.56 bits per heavy atom. The third kappa shape index (κ3) is 13.8. The zero-order valence-corrected chi connectivity index (χ0v) is 30.0. The van der Waals surface area contributed by atoms with E-state index in [1.165, 1.54) is 35.4 Å². The van der Waals surface area contributed by atoms with Crippen molar-refractivity contribution in [3.05, 3.63) is 118 Å². The Kier molecular flexibility index (Phi) is 18.2. The zero-order chi connectivity index (χ0) is 38.8. The number of aryl methyl sites for hydroxylation is 1. The standard InChI is InChI=1S/C37H43F5N4O4.C2H6/c1-3-13-45(14-4-2)35(49)28-16-27(22-44-12-15-47)17-29(20-28)36(50)46(23-25-6-5-7-30(10-8-25)37(40,41)42)24-34(48)33(43)11-9-26-18-31(38)21-32(39)19-26;1-2/h5-7,10,12,15-22,33-34,47-48H,3-4,8-9,11,13-14,23-24,43H2,1-2H3;1-2H3/b15-12-,44-22?;. The summed E-state index contributed by atoms with van der Waals surface area (Å²) in [5, 5.41) is 20.2. The van der Waals surface area contributed by atoms with E-state index in [1.807, 2.05) is 27.7 Å². The Morgan fingerprint density at radius 3 is 2.12 bits per heavy atom. The number of hydrogen-bond donors (Lipinski definition) is 3. The first-order valence-electron chi connectivity index (χ1n) is 17.3. The molecule has 0 radical (unpaired) electrons. The maximum absolute atomic E-state index is 14.2. The number of alkyl halides is 3. The molecule has 2 atom stereocenters. The van der Waals surface area contributed by atoms with Crippen LogP contribution in [-0.2, 0) is 6.42 Å². The number of hydrogen-bond acceptors (Lipinski definition) is 6. The van der Waals surface area contributed by atoms with Crippen LogP contribution in [0.15, 0.2) is 89.3 Å². The Balaban J connectivity index is 0.00000460. The summed E-state index contributed by atoms with van der Waals surface area (Å²) in [6.07, 6.45) is 3.40. The van der Waals surface area contributed by atoms with Crippen LogP contribution in [0, 0.1) is 11.6 Å². The van der Waals surface area contributed by atoms with E-state index in [2.05, 4.69) is 4.99 Å². The number of benzene rings is 2. The van der Waals surface area contributed by atoms with Gasteiger partial charge < -0.3 is 25.7 Å². The molecule has 0 fully saturated rings. The fourth-order valence-corrected chi connectivity index (χ4v) is 5.46. The van der Waals surface area contributed by atoms with Crippen molar-refractivity contribution in [2.45, 2.75) is 78.1 Å². The zero-order valence-electron chi connectivity index (χ0n) is 30.0. The third-order valence-corrected chi connectivity index (χ3v) is 7.89. The second-order valence-corrected chi connectivity index (χ2v) is 12.0. The van der Waals surface area contributed by atoms with E-state index in [0.29, 0.717) is 48.9 Å². The van der Waals surface area contributed by atoms with Gasteiger partial charge in [-0.3, -0.25) is 14.6 Å². The van der Waals surface area contributed by atoms with Gasteiger partial charge in [-0.1, -0.05) is 52.0 Å². The van der Waals surface area contributed by atoms with E-state index in [-0.39, 0.29) is 49.4 Å². The van der Waals surface area contributed by atoms with Crippen molar-refractivity contribution >= 4 is 18.0 Å². The normalized spacial score (nSPS) is 14.3. The molecule has 0 spiro atoms. The van der Waals surface area contributed by atoms with Crippen molar-refractivity contribution < 1.29 is 41.8 Å². The number of nitrogens with zero attached hydrogens (tertiary/aromatic N) is 3. The fourth-order valence-electron chi connectivity index (χ4n) is 5.46. The number of aliphatic hydroxyl groups excluding tert-OH is 2. The molecule has 1 aliphatic rings. The van der Waals surface area contributed by atoms with Crippen LogP contribution in [0.4, 0.5) is 22.0 Å². The first-order chi connectivity index (χ1) is 24.7. The molecule has 2 aromatic carbocycles. The van der Waals surface area contributed by atoms with E-state index < -0.39 is 41.4 Å². The fraction of sp³-hybridized carbons (Fsp3) is 0.410. The van der Waals surface area contributed by atoms with Gasteiger partial charge >= 0.3 is 6.18 Å². The number of aliphatic hydroxyl groups is 2. The Bertz CT molecular complexity index is 1610. The molecule has 0 bridgehead atoms. The average molecular weight is 733 g/mol. The highest BCUT2D eigenvalue weighted by Gasteiger charge is 2.32. The highest BCUT2D eigenvalue weighted by molar-refractivity contribution is 6.02. The van der Waals surface area contributed by atoms with E-state index in [1.54, 1.807) is 11.0 Å².